The molecule has 0 saturated carbocycles. The van der Waals surface area contributed by atoms with Crippen LogP contribution in [0.15, 0.2) is 29.2 Å². The lowest BCUT2D eigenvalue weighted by Crippen LogP contribution is -2.27. The fourth-order valence-corrected chi connectivity index (χ4v) is 3.07. The van der Waals surface area contributed by atoms with Crippen LogP contribution in [-0.2, 0) is 21.2 Å². The zero-order valence-electron chi connectivity index (χ0n) is 14.4. The number of aryl methyl sites for hydroxylation is 1. The third-order valence-corrected chi connectivity index (χ3v) is 4.70. The van der Waals surface area contributed by atoms with Crippen molar-refractivity contribution in [3.8, 4) is 0 Å². The predicted molar refractivity (Wildman–Crippen MR) is 92.6 cm³/mol. The van der Waals surface area contributed by atoms with Crippen LogP contribution in [0.25, 0.3) is 0 Å². The van der Waals surface area contributed by atoms with E-state index in [1.165, 1.54) is 0 Å². The van der Waals surface area contributed by atoms with Crippen LogP contribution in [0.3, 0.4) is 0 Å². The number of benzene rings is 1. The monoisotopic (exact) mass is 340 g/mol. The summed E-state index contributed by atoms with van der Waals surface area (Å²) in [5.41, 5.74) is 0.951. The molecule has 1 aromatic carbocycles. The standard InChI is InChI=1S/C17H28N2O3S/c1-13(2)11-18-17(20)10-7-15-5-8-16(9-6-15)23(21,22)19-12-14(3)4/h5-6,8-9,13-14,19H,7,10-12H2,1-4H3,(H,18,20). The second kappa shape index (κ2) is 9.03. The number of hydrogen-bond acceptors (Lipinski definition) is 3. The number of amides is 1. The first-order valence-corrected chi connectivity index (χ1v) is 9.54. The number of nitrogens with one attached hydrogen (secondary N) is 2. The molecule has 0 spiro atoms. The van der Waals surface area contributed by atoms with Crippen molar-refractivity contribution in [2.24, 2.45) is 11.8 Å². The Hall–Kier alpha value is -1.40. The molecule has 0 fully saturated rings. The van der Waals surface area contributed by atoms with E-state index in [-0.39, 0.29) is 16.7 Å². The second-order valence-electron chi connectivity index (χ2n) is 6.59. The zero-order chi connectivity index (χ0) is 17.5. The first-order chi connectivity index (χ1) is 10.7. The van der Waals surface area contributed by atoms with Gasteiger partial charge in [0.1, 0.15) is 0 Å². The molecule has 6 heteroatoms. The third-order valence-electron chi connectivity index (χ3n) is 3.26. The Morgan fingerprint density at radius 2 is 1.57 bits per heavy atom. The Kier molecular flexibility index (Phi) is 7.72. The van der Waals surface area contributed by atoms with Gasteiger partial charge in [-0.05, 0) is 36.0 Å². The van der Waals surface area contributed by atoms with Crippen LogP contribution in [0, 0.1) is 11.8 Å². The fourth-order valence-electron chi connectivity index (χ4n) is 1.86. The number of hydrogen-bond donors (Lipinski definition) is 2. The SMILES string of the molecule is CC(C)CNC(=O)CCc1ccc(S(=O)(=O)NCC(C)C)cc1. The van der Waals surface area contributed by atoms with Crippen molar-refractivity contribution in [3.63, 3.8) is 0 Å². The molecule has 0 bridgehead atoms. The van der Waals surface area contributed by atoms with Gasteiger partial charge in [0.25, 0.3) is 0 Å². The molecule has 2 N–H and O–H groups in total. The summed E-state index contributed by atoms with van der Waals surface area (Å²) in [6, 6.07) is 6.70. The van der Waals surface area contributed by atoms with Crippen LogP contribution in [0.5, 0.6) is 0 Å². The van der Waals surface area contributed by atoms with Crippen molar-refractivity contribution in [2.75, 3.05) is 13.1 Å². The second-order valence-corrected chi connectivity index (χ2v) is 8.35. The van der Waals surface area contributed by atoms with Crippen LogP contribution in [0.1, 0.15) is 39.7 Å². The van der Waals surface area contributed by atoms with E-state index in [0.717, 1.165) is 5.56 Å². The third kappa shape index (κ3) is 7.61. The molecule has 0 heterocycles. The maximum atomic E-state index is 12.1. The fraction of sp³-hybridized carbons (Fsp3) is 0.588. The minimum Gasteiger partial charge on any atom is -0.356 e. The molecular formula is C17H28N2O3S. The van der Waals surface area contributed by atoms with Crippen molar-refractivity contribution < 1.29 is 13.2 Å². The first-order valence-electron chi connectivity index (χ1n) is 8.06. The topological polar surface area (TPSA) is 75.3 Å². The number of sulfonamides is 1. The lowest BCUT2D eigenvalue weighted by molar-refractivity contribution is -0.121. The molecule has 130 valence electrons. The highest BCUT2D eigenvalue weighted by atomic mass is 32.2. The molecule has 1 aromatic rings. The van der Waals surface area contributed by atoms with Crippen molar-refractivity contribution >= 4 is 15.9 Å². The summed E-state index contributed by atoms with van der Waals surface area (Å²) in [4.78, 5) is 11.9. The molecule has 0 saturated heterocycles. The van der Waals surface area contributed by atoms with Gasteiger partial charge in [0, 0.05) is 19.5 Å². The maximum Gasteiger partial charge on any atom is 0.240 e. The zero-order valence-corrected chi connectivity index (χ0v) is 15.2. The van der Waals surface area contributed by atoms with Gasteiger partial charge in [0.15, 0.2) is 0 Å². The van der Waals surface area contributed by atoms with E-state index in [1.54, 1.807) is 24.3 Å². The van der Waals surface area contributed by atoms with Gasteiger partial charge in [0.2, 0.25) is 15.9 Å². The molecule has 0 atom stereocenters. The minimum absolute atomic E-state index is 0.0222. The molecule has 0 aromatic heterocycles. The van der Waals surface area contributed by atoms with Gasteiger partial charge in [-0.2, -0.15) is 0 Å². The lowest BCUT2D eigenvalue weighted by Gasteiger charge is -2.10. The molecule has 1 rings (SSSR count). The molecule has 0 aliphatic carbocycles. The Balaban J connectivity index is 2.55. The van der Waals surface area contributed by atoms with E-state index in [9.17, 15) is 13.2 Å². The number of carbonyl (C=O) groups is 1. The molecule has 5 nitrogen and oxygen atoms in total. The molecule has 0 radical (unpaired) electrons. The Labute approximate surface area is 139 Å². The highest BCUT2D eigenvalue weighted by Gasteiger charge is 2.14. The van der Waals surface area contributed by atoms with E-state index in [2.05, 4.69) is 10.0 Å². The number of rotatable bonds is 9. The molecular weight excluding hydrogens is 312 g/mol. The van der Waals surface area contributed by atoms with Gasteiger partial charge < -0.3 is 5.32 Å². The average molecular weight is 340 g/mol. The number of carbonyl (C=O) groups excluding carboxylic acids is 1. The largest absolute Gasteiger partial charge is 0.356 e. The van der Waals surface area contributed by atoms with Crippen LogP contribution in [0.4, 0.5) is 0 Å². The summed E-state index contributed by atoms with van der Waals surface area (Å²) < 4.78 is 26.8. The van der Waals surface area contributed by atoms with Crippen LogP contribution in [-0.4, -0.2) is 27.4 Å². The maximum absolute atomic E-state index is 12.1. The highest BCUT2D eigenvalue weighted by molar-refractivity contribution is 7.89. The first kappa shape index (κ1) is 19.6. The van der Waals surface area contributed by atoms with Crippen LogP contribution >= 0.6 is 0 Å². The van der Waals surface area contributed by atoms with E-state index >= 15 is 0 Å². The minimum atomic E-state index is -3.45. The van der Waals surface area contributed by atoms with Gasteiger partial charge in [0.05, 0.1) is 4.90 Å². The van der Waals surface area contributed by atoms with Gasteiger partial charge in [-0.25, -0.2) is 13.1 Å². The Morgan fingerprint density at radius 1 is 1.00 bits per heavy atom. The van der Waals surface area contributed by atoms with Crippen molar-refractivity contribution in [1.29, 1.82) is 0 Å². The molecule has 0 aliphatic heterocycles. The van der Waals surface area contributed by atoms with Crippen molar-refractivity contribution in [2.45, 2.75) is 45.4 Å². The molecule has 23 heavy (non-hydrogen) atoms. The summed E-state index contributed by atoms with van der Waals surface area (Å²) in [5, 5.41) is 2.87. The normalized spacial score (nSPS) is 11.9. The van der Waals surface area contributed by atoms with E-state index in [0.29, 0.717) is 31.8 Å². The van der Waals surface area contributed by atoms with Gasteiger partial charge in [-0.3, -0.25) is 4.79 Å². The summed E-state index contributed by atoms with van der Waals surface area (Å²) in [5.74, 6) is 0.712. The van der Waals surface area contributed by atoms with E-state index < -0.39 is 10.0 Å². The summed E-state index contributed by atoms with van der Waals surface area (Å²) in [6.45, 7) is 9.10. The van der Waals surface area contributed by atoms with Crippen LogP contribution < -0.4 is 10.0 Å². The average Bonchev–Trinajstić information content (AvgIpc) is 2.49. The molecule has 0 unspecified atom stereocenters. The van der Waals surface area contributed by atoms with Gasteiger partial charge in [-0.15, -0.1) is 0 Å². The summed E-state index contributed by atoms with van der Waals surface area (Å²) in [6.07, 6.45) is 1.01. The predicted octanol–water partition coefficient (Wildman–Crippen LogP) is 2.33. The lowest BCUT2D eigenvalue weighted by atomic mass is 10.1. The van der Waals surface area contributed by atoms with E-state index in [4.69, 9.17) is 0 Å². The highest BCUT2D eigenvalue weighted by Crippen LogP contribution is 2.12. The quantitative estimate of drug-likeness (QED) is 0.724. The molecule has 1 amide bonds. The summed E-state index contributed by atoms with van der Waals surface area (Å²) in [7, 11) is -3.45. The Bertz CT molecular complexity index is 593. The smallest absolute Gasteiger partial charge is 0.240 e. The van der Waals surface area contributed by atoms with Crippen LogP contribution in [0.2, 0.25) is 0 Å². The van der Waals surface area contributed by atoms with Crippen molar-refractivity contribution in [3.05, 3.63) is 29.8 Å². The van der Waals surface area contributed by atoms with Crippen molar-refractivity contribution in [1.82, 2.24) is 10.0 Å². The Morgan fingerprint density at radius 3 is 2.09 bits per heavy atom. The van der Waals surface area contributed by atoms with Gasteiger partial charge >= 0.3 is 0 Å². The molecule has 0 aliphatic rings. The van der Waals surface area contributed by atoms with E-state index in [1.807, 2.05) is 27.7 Å². The van der Waals surface area contributed by atoms with Gasteiger partial charge in [-0.1, -0.05) is 39.8 Å². The summed E-state index contributed by atoms with van der Waals surface area (Å²) >= 11 is 0.